The van der Waals surface area contributed by atoms with E-state index in [2.05, 4.69) is 9.97 Å². The molecule has 0 aliphatic carbocycles. The number of benzene rings is 1. The highest BCUT2D eigenvalue weighted by Gasteiger charge is 2.31. The highest BCUT2D eigenvalue weighted by molar-refractivity contribution is 5.98. The summed E-state index contributed by atoms with van der Waals surface area (Å²) in [6, 6.07) is 3.37. The van der Waals surface area contributed by atoms with E-state index in [1.165, 1.54) is 21.3 Å². The van der Waals surface area contributed by atoms with Crippen molar-refractivity contribution in [1.29, 1.82) is 0 Å². The summed E-state index contributed by atoms with van der Waals surface area (Å²) in [6.07, 6.45) is 5.31. The maximum Gasteiger partial charge on any atom is 0.257 e. The first-order valence-corrected chi connectivity index (χ1v) is 8.18. The molecule has 0 saturated carbocycles. The van der Waals surface area contributed by atoms with Crippen LogP contribution < -0.4 is 18.9 Å². The number of hydrogen-bond acceptors (Lipinski definition) is 7. The number of nitrogens with zero attached hydrogens (tertiary/aromatic N) is 3. The number of amides is 1. The van der Waals surface area contributed by atoms with Gasteiger partial charge in [-0.2, -0.15) is 0 Å². The van der Waals surface area contributed by atoms with Crippen LogP contribution >= 0.6 is 0 Å². The zero-order valence-electron chi connectivity index (χ0n) is 15.0. The average molecular weight is 359 g/mol. The second kappa shape index (κ2) is 7.90. The summed E-state index contributed by atoms with van der Waals surface area (Å²) in [6.45, 7) is 1.05. The minimum absolute atomic E-state index is 0.123. The molecule has 1 amide bonds. The lowest BCUT2D eigenvalue weighted by atomic mass is 10.1. The fraction of sp³-hybridized carbons (Fsp3) is 0.389. The fourth-order valence-electron chi connectivity index (χ4n) is 2.97. The number of hydrogen-bond donors (Lipinski definition) is 0. The molecule has 8 nitrogen and oxygen atoms in total. The van der Waals surface area contributed by atoms with Crippen molar-refractivity contribution in [3.05, 3.63) is 36.3 Å². The van der Waals surface area contributed by atoms with E-state index in [0.29, 0.717) is 41.8 Å². The zero-order valence-corrected chi connectivity index (χ0v) is 15.0. The molecule has 1 saturated heterocycles. The molecule has 2 aromatic rings. The minimum atomic E-state index is -0.145. The number of rotatable bonds is 6. The van der Waals surface area contributed by atoms with Gasteiger partial charge in [-0.1, -0.05) is 0 Å². The molecule has 0 radical (unpaired) electrons. The van der Waals surface area contributed by atoms with Crippen molar-refractivity contribution >= 4 is 5.91 Å². The Morgan fingerprint density at radius 3 is 2.58 bits per heavy atom. The number of carbonyl (C=O) groups excluding carboxylic acids is 1. The molecule has 1 fully saturated rings. The largest absolute Gasteiger partial charge is 0.493 e. The number of ether oxygens (including phenoxy) is 4. The molecule has 1 aliphatic rings. The van der Waals surface area contributed by atoms with Crippen LogP contribution in [0.3, 0.4) is 0 Å². The SMILES string of the molecule is COc1ccc(C(=O)N2CCC(Oc3cnccn3)C2)c(OC)c1OC. The molecule has 1 unspecified atom stereocenters. The predicted octanol–water partition coefficient (Wildman–Crippen LogP) is 1.80. The Balaban J connectivity index is 1.76. The molecule has 1 atom stereocenters. The number of likely N-dealkylation sites (tertiary alicyclic amines) is 1. The molecule has 1 aromatic carbocycles. The third-order valence-electron chi connectivity index (χ3n) is 4.19. The summed E-state index contributed by atoms with van der Waals surface area (Å²) < 4.78 is 21.8. The van der Waals surface area contributed by atoms with Crippen LogP contribution in [0.5, 0.6) is 23.1 Å². The van der Waals surface area contributed by atoms with Gasteiger partial charge >= 0.3 is 0 Å². The van der Waals surface area contributed by atoms with Crippen LogP contribution in [0, 0.1) is 0 Å². The zero-order chi connectivity index (χ0) is 18.5. The Hall–Kier alpha value is -3.03. The lowest BCUT2D eigenvalue weighted by molar-refractivity contribution is 0.0767. The van der Waals surface area contributed by atoms with Gasteiger partial charge in [-0.3, -0.25) is 9.78 Å². The maximum absolute atomic E-state index is 13.0. The summed E-state index contributed by atoms with van der Waals surface area (Å²) in [5.41, 5.74) is 0.422. The van der Waals surface area contributed by atoms with Crippen molar-refractivity contribution in [2.45, 2.75) is 12.5 Å². The molecular formula is C18H21N3O5. The van der Waals surface area contributed by atoms with Crippen LogP contribution in [0.25, 0.3) is 0 Å². The Labute approximate surface area is 151 Å². The van der Waals surface area contributed by atoms with Crippen LogP contribution in [-0.4, -0.2) is 61.3 Å². The molecule has 2 heterocycles. The van der Waals surface area contributed by atoms with Gasteiger partial charge in [0.2, 0.25) is 11.6 Å². The van der Waals surface area contributed by atoms with Crippen LogP contribution in [0.4, 0.5) is 0 Å². The van der Waals surface area contributed by atoms with Crippen LogP contribution in [0.1, 0.15) is 16.8 Å². The monoisotopic (exact) mass is 359 g/mol. The Morgan fingerprint density at radius 2 is 1.92 bits per heavy atom. The molecule has 3 rings (SSSR count). The molecule has 1 aliphatic heterocycles. The number of aromatic nitrogens is 2. The summed E-state index contributed by atoms with van der Waals surface area (Å²) in [5.74, 6) is 1.57. The van der Waals surface area contributed by atoms with E-state index in [1.54, 1.807) is 35.6 Å². The first-order chi connectivity index (χ1) is 12.7. The minimum Gasteiger partial charge on any atom is -0.493 e. The van der Waals surface area contributed by atoms with Gasteiger partial charge in [-0.15, -0.1) is 0 Å². The van der Waals surface area contributed by atoms with Crippen molar-refractivity contribution in [2.75, 3.05) is 34.4 Å². The van der Waals surface area contributed by atoms with E-state index >= 15 is 0 Å². The van der Waals surface area contributed by atoms with Crippen molar-refractivity contribution in [2.24, 2.45) is 0 Å². The van der Waals surface area contributed by atoms with E-state index in [4.69, 9.17) is 18.9 Å². The summed E-state index contributed by atoms with van der Waals surface area (Å²) in [5, 5.41) is 0. The third-order valence-corrected chi connectivity index (χ3v) is 4.19. The molecule has 1 aromatic heterocycles. The quantitative estimate of drug-likeness (QED) is 0.777. The van der Waals surface area contributed by atoms with Crippen LogP contribution in [0.15, 0.2) is 30.7 Å². The van der Waals surface area contributed by atoms with E-state index in [9.17, 15) is 4.79 Å². The second-order valence-electron chi connectivity index (χ2n) is 5.71. The van der Waals surface area contributed by atoms with Gasteiger partial charge in [0.15, 0.2) is 11.5 Å². The van der Waals surface area contributed by atoms with E-state index in [0.717, 1.165) is 6.42 Å². The second-order valence-corrected chi connectivity index (χ2v) is 5.71. The first-order valence-electron chi connectivity index (χ1n) is 8.18. The van der Waals surface area contributed by atoms with Crippen LogP contribution in [-0.2, 0) is 0 Å². The number of methoxy groups -OCH3 is 3. The lowest BCUT2D eigenvalue weighted by Gasteiger charge is -2.20. The highest BCUT2D eigenvalue weighted by atomic mass is 16.5. The van der Waals surface area contributed by atoms with Crippen molar-refractivity contribution in [3.8, 4) is 23.1 Å². The van der Waals surface area contributed by atoms with Crippen LogP contribution in [0.2, 0.25) is 0 Å². The van der Waals surface area contributed by atoms with Gasteiger partial charge in [0.05, 0.1) is 39.6 Å². The topological polar surface area (TPSA) is 83.0 Å². The molecular weight excluding hydrogens is 338 g/mol. The van der Waals surface area contributed by atoms with E-state index in [1.807, 2.05) is 0 Å². The summed E-state index contributed by atoms with van der Waals surface area (Å²) >= 11 is 0. The molecule has 0 bridgehead atoms. The fourth-order valence-corrected chi connectivity index (χ4v) is 2.97. The smallest absolute Gasteiger partial charge is 0.257 e. The molecule has 8 heteroatoms. The Kier molecular flexibility index (Phi) is 5.40. The van der Waals surface area contributed by atoms with E-state index < -0.39 is 0 Å². The number of carbonyl (C=O) groups is 1. The van der Waals surface area contributed by atoms with Gasteiger partial charge in [0.1, 0.15) is 6.10 Å². The van der Waals surface area contributed by atoms with Crippen molar-refractivity contribution in [1.82, 2.24) is 14.9 Å². The Bertz CT molecular complexity index is 769. The van der Waals surface area contributed by atoms with Gasteiger partial charge in [-0.05, 0) is 12.1 Å². The predicted molar refractivity (Wildman–Crippen MR) is 93.1 cm³/mol. The maximum atomic E-state index is 13.0. The standard InChI is InChI=1S/C18H21N3O5/c1-23-14-5-4-13(16(24-2)17(14)25-3)18(22)21-9-6-12(11-21)26-15-10-19-7-8-20-15/h4-5,7-8,10,12H,6,9,11H2,1-3H3. The molecule has 138 valence electrons. The normalized spacial score (nSPS) is 16.3. The van der Waals surface area contributed by atoms with Gasteiger partial charge in [0, 0.05) is 25.4 Å². The van der Waals surface area contributed by atoms with E-state index in [-0.39, 0.29) is 12.0 Å². The van der Waals surface area contributed by atoms with Crippen molar-refractivity contribution < 1.29 is 23.7 Å². The molecule has 26 heavy (non-hydrogen) atoms. The Morgan fingerprint density at radius 1 is 1.12 bits per heavy atom. The lowest BCUT2D eigenvalue weighted by Crippen LogP contribution is -2.31. The summed E-state index contributed by atoms with van der Waals surface area (Å²) in [7, 11) is 4.54. The van der Waals surface area contributed by atoms with Gasteiger partial charge in [0.25, 0.3) is 5.91 Å². The average Bonchev–Trinajstić information content (AvgIpc) is 3.15. The first kappa shape index (κ1) is 17.8. The molecule has 0 spiro atoms. The van der Waals surface area contributed by atoms with Gasteiger partial charge in [-0.25, -0.2) is 4.98 Å². The summed E-state index contributed by atoms with van der Waals surface area (Å²) in [4.78, 5) is 22.8. The molecule has 0 N–H and O–H groups in total. The van der Waals surface area contributed by atoms with Gasteiger partial charge < -0.3 is 23.8 Å². The van der Waals surface area contributed by atoms with Crippen molar-refractivity contribution in [3.63, 3.8) is 0 Å². The highest BCUT2D eigenvalue weighted by Crippen LogP contribution is 2.40. The third kappa shape index (κ3) is 3.49.